The molecule has 0 radical (unpaired) electrons. The Morgan fingerprint density at radius 2 is 1.63 bits per heavy atom. The Kier molecular flexibility index (Phi) is 6.34. The number of nitrogens with one attached hydrogen (secondary N) is 1. The molecular formula is C22H22BrN3O3S. The summed E-state index contributed by atoms with van der Waals surface area (Å²) in [6.45, 7) is 1.62. The fourth-order valence-electron chi connectivity index (χ4n) is 3.22. The zero-order valence-corrected chi connectivity index (χ0v) is 18.7. The first-order chi connectivity index (χ1) is 14.5. The minimum absolute atomic E-state index is 0.0804. The summed E-state index contributed by atoms with van der Waals surface area (Å²) >= 11 is 5.07. The minimum atomic E-state index is -0.531. The van der Waals surface area contributed by atoms with Gasteiger partial charge in [0.05, 0.1) is 0 Å². The van der Waals surface area contributed by atoms with E-state index in [9.17, 15) is 14.4 Å². The number of rotatable bonds is 4. The number of hydrogen-bond acceptors (Lipinski definition) is 4. The van der Waals surface area contributed by atoms with Crippen molar-refractivity contribution in [1.82, 2.24) is 15.1 Å². The number of nitrogens with zero attached hydrogens (tertiary/aromatic N) is 2. The zero-order valence-electron chi connectivity index (χ0n) is 16.3. The number of carbonyl (C=O) groups is 3. The Balaban J connectivity index is 1.28. The van der Waals surface area contributed by atoms with E-state index >= 15 is 0 Å². The van der Waals surface area contributed by atoms with E-state index < -0.39 is 11.8 Å². The molecule has 4 rings (SSSR count). The molecule has 1 aliphatic carbocycles. The fourth-order valence-corrected chi connectivity index (χ4v) is 4.40. The maximum atomic E-state index is 12.5. The second-order valence-corrected chi connectivity index (χ2v) is 9.44. The van der Waals surface area contributed by atoms with E-state index in [2.05, 4.69) is 39.4 Å². The molecule has 2 aliphatic rings. The van der Waals surface area contributed by atoms with E-state index in [0.29, 0.717) is 26.2 Å². The van der Waals surface area contributed by atoms with Crippen LogP contribution >= 0.6 is 27.3 Å². The van der Waals surface area contributed by atoms with E-state index in [-0.39, 0.29) is 11.9 Å². The molecule has 0 atom stereocenters. The molecule has 2 aromatic rings. The van der Waals surface area contributed by atoms with E-state index in [1.165, 1.54) is 4.90 Å². The molecule has 2 heterocycles. The van der Waals surface area contributed by atoms with Gasteiger partial charge in [0, 0.05) is 52.5 Å². The second-order valence-electron chi connectivity index (χ2n) is 7.41. The van der Waals surface area contributed by atoms with Crippen molar-refractivity contribution >= 4 is 51.1 Å². The normalized spacial score (nSPS) is 16.7. The number of carbonyl (C=O) groups excluding carboxylic acids is 3. The lowest BCUT2D eigenvalue weighted by atomic mass is 10.2. The van der Waals surface area contributed by atoms with Gasteiger partial charge in [0.2, 0.25) is 5.91 Å². The summed E-state index contributed by atoms with van der Waals surface area (Å²) in [5.41, 5.74) is 1.14. The van der Waals surface area contributed by atoms with Gasteiger partial charge >= 0.3 is 11.8 Å². The van der Waals surface area contributed by atoms with E-state index in [1.807, 2.05) is 24.3 Å². The highest BCUT2D eigenvalue weighted by Gasteiger charge is 2.31. The van der Waals surface area contributed by atoms with Crippen LogP contribution in [0.2, 0.25) is 0 Å². The molecule has 6 nitrogen and oxygen atoms in total. The topological polar surface area (TPSA) is 69.7 Å². The Bertz CT molecular complexity index is 974. The molecule has 30 heavy (non-hydrogen) atoms. The third-order valence-electron chi connectivity index (χ3n) is 5.13. The van der Waals surface area contributed by atoms with Crippen LogP contribution in [0, 0.1) is 0 Å². The summed E-state index contributed by atoms with van der Waals surface area (Å²) in [5.74, 6) is -1.11. The van der Waals surface area contributed by atoms with Crippen molar-refractivity contribution in [2.75, 3.05) is 26.2 Å². The molecule has 156 valence electrons. The van der Waals surface area contributed by atoms with Crippen molar-refractivity contribution in [3.63, 3.8) is 0 Å². The van der Waals surface area contributed by atoms with Crippen molar-refractivity contribution in [3.05, 3.63) is 51.8 Å². The fraction of sp³-hybridized carbons (Fsp3) is 0.318. The minimum Gasteiger partial charge on any atom is -0.345 e. The standard InChI is InChI=1S/C22H22BrN3O3S/c23-16-3-1-15(2-4-16)19-9-7-18(30-19)8-10-20(27)25-11-13-26(14-12-25)22(29)21(28)24-17-5-6-17/h1-4,7-10,17H,5-6,11-14H2,(H,24,28). The van der Waals surface area contributed by atoms with Gasteiger partial charge in [-0.2, -0.15) is 0 Å². The van der Waals surface area contributed by atoms with Crippen LogP contribution < -0.4 is 5.32 Å². The van der Waals surface area contributed by atoms with Gasteiger partial charge in [0.1, 0.15) is 0 Å². The Morgan fingerprint density at radius 1 is 0.967 bits per heavy atom. The van der Waals surface area contributed by atoms with E-state index in [1.54, 1.807) is 22.3 Å². The maximum absolute atomic E-state index is 12.5. The third kappa shape index (κ3) is 5.17. The number of hydrogen-bond donors (Lipinski definition) is 1. The molecule has 1 aromatic heterocycles. The predicted molar refractivity (Wildman–Crippen MR) is 121 cm³/mol. The van der Waals surface area contributed by atoms with Crippen LogP contribution in [0.15, 0.2) is 46.9 Å². The molecular weight excluding hydrogens is 466 g/mol. The SMILES string of the molecule is O=C(NC1CC1)C(=O)N1CCN(C(=O)C=Cc2ccc(-c3ccc(Br)cc3)s2)CC1. The van der Waals surface area contributed by atoms with Gasteiger partial charge in [-0.15, -0.1) is 11.3 Å². The quantitative estimate of drug-likeness (QED) is 0.531. The van der Waals surface area contributed by atoms with Gasteiger partial charge in [-0.25, -0.2) is 0 Å². The van der Waals surface area contributed by atoms with Crippen molar-refractivity contribution < 1.29 is 14.4 Å². The highest BCUT2D eigenvalue weighted by Crippen LogP contribution is 2.29. The first-order valence-corrected chi connectivity index (χ1v) is 11.5. The van der Waals surface area contributed by atoms with Gasteiger partial charge in [-0.1, -0.05) is 28.1 Å². The van der Waals surface area contributed by atoms with Gasteiger partial charge in [0.25, 0.3) is 0 Å². The number of amides is 3. The van der Waals surface area contributed by atoms with Crippen LogP contribution in [-0.2, 0) is 14.4 Å². The van der Waals surface area contributed by atoms with Crippen molar-refractivity contribution in [2.45, 2.75) is 18.9 Å². The van der Waals surface area contributed by atoms with Crippen molar-refractivity contribution in [1.29, 1.82) is 0 Å². The van der Waals surface area contributed by atoms with Crippen molar-refractivity contribution in [2.24, 2.45) is 0 Å². The largest absolute Gasteiger partial charge is 0.345 e. The van der Waals surface area contributed by atoms with E-state index in [0.717, 1.165) is 32.6 Å². The number of halogens is 1. The monoisotopic (exact) mass is 487 g/mol. The Hall–Kier alpha value is -2.45. The lowest BCUT2D eigenvalue weighted by molar-refractivity contribution is -0.148. The van der Waals surface area contributed by atoms with Crippen molar-refractivity contribution in [3.8, 4) is 10.4 Å². The Labute approximate surface area is 187 Å². The molecule has 0 spiro atoms. The first-order valence-electron chi connectivity index (χ1n) is 9.92. The van der Waals surface area contributed by atoms with Gasteiger partial charge in [-0.3, -0.25) is 14.4 Å². The van der Waals surface area contributed by atoms with Gasteiger partial charge < -0.3 is 15.1 Å². The Morgan fingerprint density at radius 3 is 2.30 bits per heavy atom. The average Bonchev–Trinajstić information content (AvgIpc) is 3.45. The number of piperazine rings is 1. The summed E-state index contributed by atoms with van der Waals surface area (Å²) < 4.78 is 1.04. The predicted octanol–water partition coefficient (Wildman–Crippen LogP) is 3.14. The lowest BCUT2D eigenvalue weighted by Gasteiger charge is -2.33. The molecule has 1 N–H and O–H groups in total. The van der Waals surface area contributed by atoms with Gasteiger partial charge in [0.15, 0.2) is 0 Å². The molecule has 0 bridgehead atoms. The highest BCUT2D eigenvalue weighted by atomic mass is 79.9. The van der Waals surface area contributed by atoms with Crippen LogP contribution in [0.25, 0.3) is 16.5 Å². The zero-order chi connectivity index (χ0) is 21.1. The molecule has 1 aliphatic heterocycles. The molecule has 1 saturated heterocycles. The van der Waals surface area contributed by atoms with Crippen LogP contribution in [-0.4, -0.2) is 59.7 Å². The summed E-state index contributed by atoms with van der Waals surface area (Å²) in [6, 6.07) is 12.3. The molecule has 2 fully saturated rings. The maximum Gasteiger partial charge on any atom is 0.312 e. The van der Waals surface area contributed by atoms with Crippen LogP contribution in [0.4, 0.5) is 0 Å². The molecule has 8 heteroatoms. The summed E-state index contributed by atoms with van der Waals surface area (Å²) in [7, 11) is 0. The summed E-state index contributed by atoms with van der Waals surface area (Å²) in [6.07, 6.45) is 5.30. The smallest absolute Gasteiger partial charge is 0.312 e. The highest BCUT2D eigenvalue weighted by molar-refractivity contribution is 9.10. The summed E-state index contributed by atoms with van der Waals surface area (Å²) in [4.78, 5) is 42.0. The molecule has 0 unspecified atom stereocenters. The average molecular weight is 488 g/mol. The van der Waals surface area contributed by atoms with Crippen LogP contribution in [0.1, 0.15) is 17.7 Å². The third-order valence-corrected chi connectivity index (χ3v) is 6.76. The van der Waals surface area contributed by atoms with Gasteiger partial charge in [-0.05, 0) is 48.7 Å². The lowest BCUT2D eigenvalue weighted by Crippen LogP contribution is -2.53. The van der Waals surface area contributed by atoms with Crippen LogP contribution in [0.3, 0.4) is 0 Å². The number of benzene rings is 1. The molecule has 1 saturated carbocycles. The number of thiophene rings is 1. The summed E-state index contributed by atoms with van der Waals surface area (Å²) in [5, 5.41) is 2.72. The first kappa shape index (κ1) is 20.8. The molecule has 1 aromatic carbocycles. The van der Waals surface area contributed by atoms with E-state index in [4.69, 9.17) is 0 Å². The van der Waals surface area contributed by atoms with Crippen LogP contribution in [0.5, 0.6) is 0 Å². The molecule has 3 amide bonds. The second kappa shape index (κ2) is 9.14.